The van der Waals surface area contributed by atoms with Crippen LogP contribution in [0.5, 0.6) is 0 Å². The maximum Gasteiger partial charge on any atom is 0.259 e. The van der Waals surface area contributed by atoms with Gasteiger partial charge in [0.2, 0.25) is 5.91 Å². The van der Waals surface area contributed by atoms with E-state index in [0.717, 1.165) is 17.5 Å². The summed E-state index contributed by atoms with van der Waals surface area (Å²) in [5.41, 5.74) is 0.656. The number of aromatic nitrogens is 1. The van der Waals surface area contributed by atoms with Crippen LogP contribution in [0.15, 0.2) is 35.1 Å². The summed E-state index contributed by atoms with van der Waals surface area (Å²) in [6.07, 6.45) is 0.758. The molecule has 0 saturated heterocycles. The van der Waals surface area contributed by atoms with Crippen molar-refractivity contribution in [2.75, 3.05) is 20.3 Å². The Morgan fingerprint density at radius 3 is 2.86 bits per heavy atom. The van der Waals surface area contributed by atoms with Crippen LogP contribution in [0.3, 0.4) is 0 Å². The summed E-state index contributed by atoms with van der Waals surface area (Å²) >= 11 is 0. The largest absolute Gasteiger partial charge is 0.385 e. The molecule has 1 aromatic heterocycles. The third kappa shape index (κ3) is 3.70. The van der Waals surface area contributed by atoms with Gasteiger partial charge in [0.15, 0.2) is 0 Å². The number of methoxy groups -OCH3 is 1. The Kier molecular flexibility index (Phi) is 5.11. The molecule has 2 rings (SSSR count). The van der Waals surface area contributed by atoms with Crippen LogP contribution in [0.25, 0.3) is 10.8 Å². The molecule has 1 N–H and O–H groups in total. The number of hydrogen-bond acceptors (Lipinski definition) is 3. The van der Waals surface area contributed by atoms with E-state index in [1.165, 1.54) is 4.57 Å². The van der Waals surface area contributed by atoms with E-state index < -0.39 is 0 Å². The van der Waals surface area contributed by atoms with Crippen LogP contribution in [-0.2, 0) is 16.1 Å². The van der Waals surface area contributed by atoms with Crippen molar-refractivity contribution in [3.63, 3.8) is 0 Å². The van der Waals surface area contributed by atoms with E-state index in [4.69, 9.17) is 4.74 Å². The van der Waals surface area contributed by atoms with Crippen LogP contribution >= 0.6 is 0 Å². The van der Waals surface area contributed by atoms with Crippen molar-refractivity contribution in [2.45, 2.75) is 19.9 Å². The van der Waals surface area contributed by atoms with Crippen LogP contribution in [-0.4, -0.2) is 30.7 Å². The highest BCUT2D eigenvalue weighted by molar-refractivity contribution is 5.82. The van der Waals surface area contributed by atoms with E-state index in [-0.39, 0.29) is 18.0 Å². The van der Waals surface area contributed by atoms with Crippen molar-refractivity contribution < 1.29 is 9.53 Å². The highest BCUT2D eigenvalue weighted by atomic mass is 16.5. The number of carbonyl (C=O) groups is 1. The monoisotopic (exact) mass is 288 g/mol. The lowest BCUT2D eigenvalue weighted by molar-refractivity contribution is -0.121. The molecule has 2 aromatic rings. The Bertz CT molecular complexity index is 691. The van der Waals surface area contributed by atoms with Crippen molar-refractivity contribution in [1.82, 2.24) is 9.88 Å². The Morgan fingerprint density at radius 2 is 2.10 bits per heavy atom. The van der Waals surface area contributed by atoms with Gasteiger partial charge in [-0.2, -0.15) is 0 Å². The van der Waals surface area contributed by atoms with Crippen LogP contribution < -0.4 is 10.9 Å². The minimum Gasteiger partial charge on any atom is -0.385 e. The van der Waals surface area contributed by atoms with Gasteiger partial charge in [-0.1, -0.05) is 18.2 Å². The summed E-state index contributed by atoms with van der Waals surface area (Å²) in [4.78, 5) is 24.3. The normalized spacial score (nSPS) is 10.8. The maximum atomic E-state index is 12.4. The quantitative estimate of drug-likeness (QED) is 0.819. The minimum atomic E-state index is -0.161. The Morgan fingerprint density at radius 1 is 1.33 bits per heavy atom. The lowest BCUT2D eigenvalue weighted by atomic mass is 10.1. The molecule has 21 heavy (non-hydrogen) atoms. The number of hydrogen-bond donors (Lipinski definition) is 1. The minimum absolute atomic E-state index is 0.0441. The third-order valence-electron chi connectivity index (χ3n) is 3.38. The molecule has 0 aliphatic carbocycles. The summed E-state index contributed by atoms with van der Waals surface area (Å²) in [6.45, 7) is 3.04. The zero-order valence-electron chi connectivity index (χ0n) is 12.4. The van der Waals surface area contributed by atoms with Gasteiger partial charge in [0.1, 0.15) is 6.54 Å². The van der Waals surface area contributed by atoms with Crippen LogP contribution in [0, 0.1) is 6.92 Å². The lowest BCUT2D eigenvalue weighted by Crippen LogP contribution is -2.34. The van der Waals surface area contributed by atoms with Gasteiger partial charge < -0.3 is 14.6 Å². The Balaban J connectivity index is 2.15. The first-order valence-corrected chi connectivity index (χ1v) is 6.98. The summed E-state index contributed by atoms with van der Waals surface area (Å²) in [5, 5.41) is 4.32. The molecule has 0 atom stereocenters. The maximum absolute atomic E-state index is 12.4. The number of benzene rings is 1. The summed E-state index contributed by atoms with van der Waals surface area (Å²) < 4.78 is 6.43. The zero-order valence-corrected chi connectivity index (χ0v) is 12.4. The fourth-order valence-corrected chi connectivity index (χ4v) is 2.27. The van der Waals surface area contributed by atoms with E-state index in [9.17, 15) is 9.59 Å². The van der Waals surface area contributed by atoms with Crippen LogP contribution in [0.4, 0.5) is 0 Å². The fourth-order valence-electron chi connectivity index (χ4n) is 2.27. The molecule has 5 nitrogen and oxygen atoms in total. The molecule has 0 fully saturated rings. The molecule has 112 valence electrons. The highest BCUT2D eigenvalue weighted by Crippen LogP contribution is 2.11. The molecule has 1 aromatic carbocycles. The van der Waals surface area contributed by atoms with Gasteiger partial charge in [-0.15, -0.1) is 0 Å². The van der Waals surface area contributed by atoms with Gasteiger partial charge in [-0.25, -0.2) is 0 Å². The van der Waals surface area contributed by atoms with E-state index in [0.29, 0.717) is 18.5 Å². The van der Waals surface area contributed by atoms with Gasteiger partial charge in [-0.3, -0.25) is 9.59 Å². The molecule has 0 radical (unpaired) electrons. The van der Waals surface area contributed by atoms with Crippen molar-refractivity contribution in [1.29, 1.82) is 0 Å². The predicted octanol–water partition coefficient (Wildman–Crippen LogP) is 1.46. The number of fused-ring (bicyclic) bond motifs is 1. The van der Waals surface area contributed by atoms with Crippen molar-refractivity contribution in [3.05, 3.63) is 46.4 Å². The van der Waals surface area contributed by atoms with Crippen molar-refractivity contribution in [2.24, 2.45) is 0 Å². The molecule has 0 spiro atoms. The molecule has 5 heteroatoms. The van der Waals surface area contributed by atoms with Gasteiger partial charge >= 0.3 is 0 Å². The molecular weight excluding hydrogens is 268 g/mol. The molecule has 0 bridgehead atoms. The predicted molar refractivity (Wildman–Crippen MR) is 82.4 cm³/mol. The SMILES string of the molecule is COCCCNC(=O)Cn1c(C)cc2ccccc2c1=O. The Labute approximate surface area is 123 Å². The number of rotatable bonds is 6. The Hall–Kier alpha value is -2.14. The van der Waals surface area contributed by atoms with E-state index in [2.05, 4.69) is 5.32 Å². The second kappa shape index (κ2) is 7.04. The zero-order chi connectivity index (χ0) is 15.2. The number of nitrogens with one attached hydrogen (secondary N) is 1. The topological polar surface area (TPSA) is 60.3 Å². The highest BCUT2D eigenvalue weighted by Gasteiger charge is 2.09. The van der Waals surface area contributed by atoms with Gasteiger partial charge in [-0.05, 0) is 30.9 Å². The van der Waals surface area contributed by atoms with Crippen molar-refractivity contribution >= 4 is 16.7 Å². The lowest BCUT2D eigenvalue weighted by Gasteiger charge is -2.11. The first kappa shape index (κ1) is 15.3. The van der Waals surface area contributed by atoms with E-state index in [1.54, 1.807) is 13.2 Å². The second-order valence-electron chi connectivity index (χ2n) is 4.96. The first-order chi connectivity index (χ1) is 10.1. The molecule has 0 aliphatic rings. The number of nitrogens with zero attached hydrogens (tertiary/aromatic N) is 1. The molecule has 1 heterocycles. The van der Waals surface area contributed by atoms with Crippen molar-refractivity contribution in [3.8, 4) is 0 Å². The first-order valence-electron chi connectivity index (χ1n) is 6.98. The molecule has 0 aliphatic heterocycles. The molecule has 0 unspecified atom stereocenters. The summed E-state index contributed by atoms with van der Waals surface area (Å²) in [6, 6.07) is 9.33. The third-order valence-corrected chi connectivity index (χ3v) is 3.38. The smallest absolute Gasteiger partial charge is 0.259 e. The standard InChI is InChI=1S/C16H20N2O3/c1-12-10-13-6-3-4-7-14(13)16(20)18(12)11-15(19)17-8-5-9-21-2/h3-4,6-7,10H,5,8-9,11H2,1-2H3,(H,17,19). The number of pyridine rings is 1. The van der Waals surface area contributed by atoms with Gasteiger partial charge in [0.05, 0.1) is 0 Å². The fraction of sp³-hybridized carbons (Fsp3) is 0.375. The van der Waals surface area contributed by atoms with Crippen LogP contribution in [0.2, 0.25) is 0 Å². The number of amides is 1. The number of aryl methyl sites for hydroxylation is 1. The molecule has 1 amide bonds. The molecular formula is C16H20N2O3. The number of carbonyl (C=O) groups excluding carboxylic acids is 1. The summed E-state index contributed by atoms with van der Waals surface area (Å²) in [5.74, 6) is -0.161. The van der Waals surface area contributed by atoms with E-state index in [1.807, 2.05) is 31.2 Å². The molecule has 0 saturated carbocycles. The second-order valence-corrected chi connectivity index (χ2v) is 4.96. The van der Waals surface area contributed by atoms with E-state index >= 15 is 0 Å². The summed E-state index contributed by atoms with van der Waals surface area (Å²) in [7, 11) is 1.62. The van der Waals surface area contributed by atoms with Crippen LogP contribution in [0.1, 0.15) is 12.1 Å². The van der Waals surface area contributed by atoms with Gasteiger partial charge in [0, 0.05) is 31.3 Å². The average molecular weight is 288 g/mol. The number of ether oxygens (including phenoxy) is 1. The van der Waals surface area contributed by atoms with Gasteiger partial charge in [0.25, 0.3) is 5.56 Å². The average Bonchev–Trinajstić information content (AvgIpc) is 2.48.